The Hall–Kier alpha value is -3.66. The van der Waals surface area contributed by atoms with Crippen LogP contribution >= 0.6 is 0 Å². The molecule has 0 aliphatic carbocycles. The second-order valence-electron chi connectivity index (χ2n) is 8.69. The number of pyridine rings is 1. The van der Waals surface area contributed by atoms with Gasteiger partial charge in [-0.1, -0.05) is 13.0 Å². The van der Waals surface area contributed by atoms with E-state index in [1.807, 2.05) is 18.2 Å². The van der Waals surface area contributed by atoms with Gasteiger partial charge in [0.05, 0.1) is 5.57 Å². The fraction of sp³-hybridized carbons (Fsp3) is 0.320. The first-order valence-electron chi connectivity index (χ1n) is 11.6. The summed E-state index contributed by atoms with van der Waals surface area (Å²) in [6.45, 7) is 5.28. The maximum Gasteiger partial charge on any atom is 0.433 e. The molecule has 1 amide bonds. The van der Waals surface area contributed by atoms with E-state index in [0.29, 0.717) is 39.8 Å². The second-order valence-corrected chi connectivity index (χ2v) is 8.69. The van der Waals surface area contributed by atoms with Gasteiger partial charge in [-0.05, 0) is 43.7 Å². The molecule has 3 aromatic rings. The van der Waals surface area contributed by atoms with Crippen LogP contribution in [0.5, 0.6) is 0 Å². The smallest absolute Gasteiger partial charge is 0.382 e. The summed E-state index contributed by atoms with van der Waals surface area (Å²) in [6.07, 6.45) is 1.76. The fourth-order valence-electron chi connectivity index (χ4n) is 4.65. The van der Waals surface area contributed by atoms with Gasteiger partial charge in [0.2, 0.25) is 0 Å². The van der Waals surface area contributed by atoms with Crippen LogP contribution in [0.4, 0.5) is 24.5 Å². The first kappa shape index (κ1) is 23.1. The van der Waals surface area contributed by atoms with Crippen molar-refractivity contribution in [2.45, 2.75) is 32.0 Å². The van der Waals surface area contributed by atoms with E-state index >= 15 is 0 Å². The van der Waals surface area contributed by atoms with Crippen molar-refractivity contribution in [2.24, 2.45) is 0 Å². The molecule has 35 heavy (non-hydrogen) atoms. The van der Waals surface area contributed by atoms with Crippen molar-refractivity contribution < 1.29 is 18.0 Å². The Kier molecular flexibility index (Phi) is 6.06. The molecular formula is C25H25F3N6O. The van der Waals surface area contributed by atoms with E-state index in [0.717, 1.165) is 50.4 Å². The monoisotopic (exact) mass is 482 g/mol. The number of hydrogen-bond donors (Lipinski definition) is 3. The Morgan fingerprint density at radius 1 is 1.17 bits per heavy atom. The topological polar surface area (TPSA) is 85.9 Å². The third-order valence-electron chi connectivity index (χ3n) is 6.50. The number of anilines is 2. The average molecular weight is 483 g/mol. The molecule has 2 aliphatic rings. The van der Waals surface area contributed by atoms with Crippen molar-refractivity contribution in [2.75, 3.05) is 30.3 Å². The lowest BCUT2D eigenvalue weighted by atomic mass is 9.95. The number of alkyl halides is 3. The van der Waals surface area contributed by atoms with Crippen molar-refractivity contribution in [3.8, 4) is 0 Å². The largest absolute Gasteiger partial charge is 0.433 e. The molecule has 1 saturated heterocycles. The molecule has 0 saturated carbocycles. The molecule has 7 nitrogen and oxygen atoms in total. The van der Waals surface area contributed by atoms with Crippen molar-refractivity contribution in [3.05, 3.63) is 71.6 Å². The van der Waals surface area contributed by atoms with Crippen LogP contribution in [0.15, 0.2) is 48.9 Å². The number of hydrogen-bond acceptors (Lipinski definition) is 5. The number of imidazole rings is 1. The van der Waals surface area contributed by atoms with E-state index in [4.69, 9.17) is 0 Å². The molecular weight excluding hydrogens is 457 g/mol. The number of amides is 1. The Balaban J connectivity index is 1.54. The summed E-state index contributed by atoms with van der Waals surface area (Å²) >= 11 is 0. The Labute approximate surface area is 200 Å². The van der Waals surface area contributed by atoms with E-state index in [1.54, 1.807) is 6.20 Å². The number of aromatic nitrogens is 3. The van der Waals surface area contributed by atoms with Crippen LogP contribution in [0.3, 0.4) is 0 Å². The van der Waals surface area contributed by atoms with Crippen LogP contribution in [-0.2, 0) is 11.0 Å². The summed E-state index contributed by atoms with van der Waals surface area (Å²) in [5.41, 5.74) is 2.27. The molecule has 182 valence electrons. The van der Waals surface area contributed by atoms with E-state index in [9.17, 15) is 18.0 Å². The van der Waals surface area contributed by atoms with Crippen LogP contribution in [-0.4, -0.2) is 51.4 Å². The number of fused-ring (bicyclic) bond motifs is 1. The van der Waals surface area contributed by atoms with Crippen LogP contribution in [0, 0.1) is 0 Å². The minimum Gasteiger partial charge on any atom is -0.382 e. The van der Waals surface area contributed by atoms with Gasteiger partial charge in [0.25, 0.3) is 5.91 Å². The molecule has 10 heteroatoms. The molecule has 5 rings (SSSR count). The van der Waals surface area contributed by atoms with E-state index < -0.39 is 11.9 Å². The van der Waals surface area contributed by atoms with Crippen LogP contribution < -0.4 is 10.6 Å². The number of nitrogens with one attached hydrogen (secondary N) is 3. The highest BCUT2D eigenvalue weighted by atomic mass is 19.4. The minimum absolute atomic E-state index is 0.331. The molecule has 2 aromatic heterocycles. The summed E-state index contributed by atoms with van der Waals surface area (Å²) in [5, 5.41) is 6.45. The number of benzene rings is 1. The standard InChI is InChI=1S/C25H25F3N6O/c1-2-34-11-7-16(8-12-34)32-17-4-5-19-18(13-17)22(24(35)33-19)21(23-29-9-10-30-23)15-3-6-20(31-14-15)25(26,27)28/h3-6,9-10,13-14,16,32H,2,7-8,11-12H2,1H3,(H,29,30)(H,33,35). The van der Waals surface area contributed by atoms with Crippen LogP contribution in [0.1, 0.15) is 42.4 Å². The molecule has 0 radical (unpaired) electrons. The lowest BCUT2D eigenvalue weighted by molar-refractivity contribution is -0.141. The average Bonchev–Trinajstić information content (AvgIpc) is 3.48. The first-order valence-corrected chi connectivity index (χ1v) is 11.6. The van der Waals surface area contributed by atoms with Gasteiger partial charge >= 0.3 is 6.18 Å². The molecule has 0 atom stereocenters. The van der Waals surface area contributed by atoms with Crippen LogP contribution in [0.2, 0.25) is 0 Å². The number of carbonyl (C=O) groups is 1. The van der Waals surface area contributed by atoms with Gasteiger partial charge in [-0.15, -0.1) is 0 Å². The number of nitrogens with zero attached hydrogens (tertiary/aromatic N) is 3. The van der Waals surface area contributed by atoms with E-state index in [1.165, 1.54) is 12.3 Å². The Morgan fingerprint density at radius 3 is 2.60 bits per heavy atom. The van der Waals surface area contributed by atoms with Crippen molar-refractivity contribution in [3.63, 3.8) is 0 Å². The van der Waals surface area contributed by atoms with Gasteiger partial charge in [-0.25, -0.2) is 4.98 Å². The summed E-state index contributed by atoms with van der Waals surface area (Å²) in [6, 6.07) is 8.24. The number of aromatic amines is 1. The lowest BCUT2D eigenvalue weighted by Gasteiger charge is -2.32. The van der Waals surface area contributed by atoms with Gasteiger partial charge in [0.1, 0.15) is 11.5 Å². The number of rotatable bonds is 5. The molecule has 2 aliphatic heterocycles. The van der Waals surface area contributed by atoms with E-state index in [2.05, 4.69) is 37.4 Å². The highest BCUT2D eigenvalue weighted by Crippen LogP contribution is 2.41. The lowest BCUT2D eigenvalue weighted by Crippen LogP contribution is -2.38. The number of likely N-dealkylation sites (tertiary alicyclic amines) is 1. The van der Waals surface area contributed by atoms with Gasteiger partial charge in [0, 0.05) is 65.8 Å². The molecule has 0 bridgehead atoms. The third-order valence-corrected chi connectivity index (χ3v) is 6.50. The van der Waals surface area contributed by atoms with Crippen molar-refractivity contribution >= 4 is 28.4 Å². The predicted molar refractivity (Wildman–Crippen MR) is 128 cm³/mol. The predicted octanol–water partition coefficient (Wildman–Crippen LogP) is 4.63. The zero-order chi connectivity index (χ0) is 24.6. The fourth-order valence-corrected chi connectivity index (χ4v) is 4.65. The number of H-pyrrole nitrogens is 1. The molecule has 1 fully saturated rings. The van der Waals surface area contributed by atoms with Gasteiger partial charge in [-0.3, -0.25) is 9.78 Å². The normalized spacial score (nSPS) is 18.3. The maximum atomic E-state index is 13.1. The Morgan fingerprint density at radius 2 is 1.97 bits per heavy atom. The highest BCUT2D eigenvalue weighted by Gasteiger charge is 2.34. The molecule has 1 aromatic carbocycles. The summed E-state index contributed by atoms with van der Waals surface area (Å²) < 4.78 is 39.2. The number of halogens is 3. The summed E-state index contributed by atoms with van der Waals surface area (Å²) in [7, 11) is 0. The quantitative estimate of drug-likeness (QED) is 0.462. The van der Waals surface area contributed by atoms with Gasteiger partial charge in [-0.2, -0.15) is 13.2 Å². The van der Waals surface area contributed by atoms with Gasteiger partial charge < -0.3 is 20.5 Å². The zero-order valence-electron chi connectivity index (χ0n) is 19.1. The Bertz CT molecular complexity index is 1240. The molecule has 0 spiro atoms. The van der Waals surface area contributed by atoms with Crippen molar-refractivity contribution in [1.82, 2.24) is 19.9 Å². The third kappa shape index (κ3) is 4.66. The van der Waals surface area contributed by atoms with Crippen LogP contribution in [0.25, 0.3) is 11.1 Å². The molecule has 4 heterocycles. The summed E-state index contributed by atoms with van der Waals surface area (Å²) in [5.74, 6) is 0.0227. The summed E-state index contributed by atoms with van der Waals surface area (Å²) in [4.78, 5) is 26.4. The maximum absolute atomic E-state index is 13.1. The number of piperidine rings is 1. The first-order chi connectivity index (χ1) is 16.8. The van der Waals surface area contributed by atoms with Gasteiger partial charge in [0.15, 0.2) is 0 Å². The highest BCUT2D eigenvalue weighted by molar-refractivity contribution is 6.38. The zero-order valence-corrected chi connectivity index (χ0v) is 19.1. The SMILES string of the molecule is CCN1CCC(Nc2ccc3c(c2)C(=C(c2ccc(C(F)(F)F)nc2)c2ncc[nH]2)C(=O)N3)CC1. The molecule has 0 unspecified atom stereocenters. The second kappa shape index (κ2) is 9.18. The van der Waals surface area contributed by atoms with E-state index in [-0.39, 0.29) is 5.91 Å². The minimum atomic E-state index is -4.55. The number of carbonyl (C=O) groups excluding carboxylic acids is 1. The van der Waals surface area contributed by atoms with Crippen molar-refractivity contribution in [1.29, 1.82) is 0 Å². The molecule has 3 N–H and O–H groups in total.